The minimum Gasteiger partial charge on any atom is -0.453 e. The van der Waals surface area contributed by atoms with Crippen LogP contribution in [0.4, 0.5) is 11.4 Å². The largest absolute Gasteiger partial charge is 0.453 e. The van der Waals surface area contributed by atoms with E-state index in [1.165, 1.54) is 11.1 Å². The SMILES string of the molecule is CCc1c(C)ccc2c1[N]c1ccccc1O2. The lowest BCUT2D eigenvalue weighted by Crippen LogP contribution is -2.05. The number of hydrogen-bond acceptors (Lipinski definition) is 1. The highest BCUT2D eigenvalue weighted by atomic mass is 16.5. The van der Waals surface area contributed by atoms with E-state index < -0.39 is 0 Å². The number of fused-ring (bicyclic) bond motifs is 2. The average Bonchev–Trinajstić information content (AvgIpc) is 2.36. The van der Waals surface area contributed by atoms with Crippen LogP contribution in [0.5, 0.6) is 11.5 Å². The Morgan fingerprint density at radius 1 is 1.06 bits per heavy atom. The number of benzene rings is 2. The Bertz CT molecular complexity index is 575. The van der Waals surface area contributed by atoms with Gasteiger partial charge in [-0.15, -0.1) is 0 Å². The second-order valence-corrected chi connectivity index (χ2v) is 4.24. The van der Waals surface area contributed by atoms with Crippen molar-refractivity contribution in [1.29, 1.82) is 0 Å². The monoisotopic (exact) mass is 224 g/mol. The zero-order chi connectivity index (χ0) is 11.8. The van der Waals surface area contributed by atoms with Crippen molar-refractivity contribution in [2.45, 2.75) is 20.3 Å². The summed E-state index contributed by atoms with van der Waals surface area (Å²) in [6.45, 7) is 4.27. The van der Waals surface area contributed by atoms with Crippen LogP contribution in [0.2, 0.25) is 0 Å². The molecular formula is C15H14NO. The van der Waals surface area contributed by atoms with E-state index in [0.717, 1.165) is 29.3 Å². The van der Waals surface area contributed by atoms with Crippen LogP contribution >= 0.6 is 0 Å². The molecular weight excluding hydrogens is 210 g/mol. The number of aryl methyl sites for hydroxylation is 1. The molecule has 1 aliphatic rings. The van der Waals surface area contributed by atoms with Crippen molar-refractivity contribution < 1.29 is 4.74 Å². The average molecular weight is 224 g/mol. The molecule has 2 aromatic carbocycles. The molecule has 17 heavy (non-hydrogen) atoms. The fourth-order valence-electron chi connectivity index (χ4n) is 2.24. The van der Waals surface area contributed by atoms with Crippen molar-refractivity contribution in [3.8, 4) is 11.5 Å². The summed E-state index contributed by atoms with van der Waals surface area (Å²) in [4.78, 5) is 0. The van der Waals surface area contributed by atoms with Gasteiger partial charge in [0.2, 0.25) is 0 Å². The van der Waals surface area contributed by atoms with Crippen LogP contribution in [0.1, 0.15) is 18.1 Å². The summed E-state index contributed by atoms with van der Waals surface area (Å²) in [5.41, 5.74) is 4.46. The molecule has 0 saturated carbocycles. The van der Waals surface area contributed by atoms with Gasteiger partial charge in [0.15, 0.2) is 11.5 Å². The number of hydrogen-bond donors (Lipinski definition) is 0. The van der Waals surface area contributed by atoms with Crippen LogP contribution in [-0.2, 0) is 6.42 Å². The zero-order valence-electron chi connectivity index (χ0n) is 10.0. The third-order valence-corrected chi connectivity index (χ3v) is 3.15. The third kappa shape index (κ3) is 1.57. The molecule has 1 heterocycles. The summed E-state index contributed by atoms with van der Waals surface area (Å²) in [7, 11) is 0. The summed E-state index contributed by atoms with van der Waals surface area (Å²) >= 11 is 0. The molecule has 0 unspecified atom stereocenters. The van der Waals surface area contributed by atoms with E-state index in [9.17, 15) is 0 Å². The van der Waals surface area contributed by atoms with Crippen molar-refractivity contribution in [2.75, 3.05) is 0 Å². The van der Waals surface area contributed by atoms with E-state index in [0.29, 0.717) is 0 Å². The maximum absolute atomic E-state index is 5.88. The van der Waals surface area contributed by atoms with Gasteiger partial charge in [-0.3, -0.25) is 0 Å². The molecule has 0 atom stereocenters. The quantitative estimate of drug-likeness (QED) is 0.606. The second-order valence-electron chi connectivity index (χ2n) is 4.24. The van der Waals surface area contributed by atoms with Crippen molar-refractivity contribution in [3.05, 3.63) is 47.5 Å². The van der Waals surface area contributed by atoms with E-state index in [1.807, 2.05) is 30.3 Å². The fourth-order valence-corrected chi connectivity index (χ4v) is 2.24. The van der Waals surface area contributed by atoms with Crippen molar-refractivity contribution in [3.63, 3.8) is 0 Å². The first-order chi connectivity index (χ1) is 8.29. The first kappa shape index (κ1) is 10.2. The van der Waals surface area contributed by atoms with Crippen LogP contribution in [0.15, 0.2) is 36.4 Å². The van der Waals surface area contributed by atoms with Gasteiger partial charge in [0.1, 0.15) is 11.4 Å². The molecule has 0 N–H and O–H groups in total. The van der Waals surface area contributed by atoms with Crippen molar-refractivity contribution in [2.24, 2.45) is 0 Å². The Morgan fingerprint density at radius 3 is 2.71 bits per heavy atom. The lowest BCUT2D eigenvalue weighted by molar-refractivity contribution is 0.470. The van der Waals surface area contributed by atoms with E-state index in [-0.39, 0.29) is 0 Å². The smallest absolute Gasteiger partial charge is 0.153 e. The Hall–Kier alpha value is -1.96. The summed E-state index contributed by atoms with van der Waals surface area (Å²) in [6.07, 6.45) is 0.976. The van der Waals surface area contributed by atoms with Crippen LogP contribution in [0.25, 0.3) is 0 Å². The molecule has 1 radical (unpaired) electrons. The molecule has 2 nitrogen and oxygen atoms in total. The molecule has 0 amide bonds. The third-order valence-electron chi connectivity index (χ3n) is 3.15. The van der Waals surface area contributed by atoms with Crippen LogP contribution in [0.3, 0.4) is 0 Å². The normalized spacial score (nSPS) is 12.1. The summed E-state index contributed by atoms with van der Waals surface area (Å²) < 4.78 is 5.88. The van der Waals surface area contributed by atoms with Gasteiger partial charge in [-0.05, 0) is 42.7 Å². The van der Waals surface area contributed by atoms with Gasteiger partial charge >= 0.3 is 0 Å². The molecule has 0 saturated heterocycles. The summed E-state index contributed by atoms with van der Waals surface area (Å²) in [6, 6.07) is 12.0. The highest BCUT2D eigenvalue weighted by Crippen LogP contribution is 2.44. The number of para-hydroxylation sites is 2. The summed E-state index contributed by atoms with van der Waals surface area (Å²) in [5, 5.41) is 4.72. The number of ether oxygens (including phenoxy) is 1. The topological polar surface area (TPSA) is 23.3 Å². The molecule has 0 aromatic heterocycles. The molecule has 0 bridgehead atoms. The van der Waals surface area contributed by atoms with E-state index in [2.05, 4.69) is 19.9 Å². The fraction of sp³-hybridized carbons (Fsp3) is 0.200. The molecule has 0 spiro atoms. The van der Waals surface area contributed by atoms with E-state index >= 15 is 0 Å². The molecule has 0 aliphatic carbocycles. The first-order valence-corrected chi connectivity index (χ1v) is 5.90. The highest BCUT2D eigenvalue weighted by molar-refractivity contribution is 5.71. The van der Waals surface area contributed by atoms with Crippen molar-refractivity contribution >= 4 is 11.4 Å². The Labute approximate surface area is 101 Å². The molecule has 85 valence electrons. The molecule has 1 aliphatic heterocycles. The maximum Gasteiger partial charge on any atom is 0.153 e. The molecule has 2 aromatic rings. The van der Waals surface area contributed by atoms with Crippen LogP contribution in [-0.4, -0.2) is 0 Å². The first-order valence-electron chi connectivity index (χ1n) is 5.90. The molecule has 0 fully saturated rings. The predicted molar refractivity (Wildman–Crippen MR) is 68.5 cm³/mol. The molecule has 3 rings (SSSR count). The lowest BCUT2D eigenvalue weighted by atomic mass is 10.0. The van der Waals surface area contributed by atoms with Gasteiger partial charge in [0.25, 0.3) is 0 Å². The van der Waals surface area contributed by atoms with Crippen LogP contribution in [0, 0.1) is 6.92 Å². The van der Waals surface area contributed by atoms with Gasteiger partial charge in [-0.1, -0.05) is 25.1 Å². The van der Waals surface area contributed by atoms with Gasteiger partial charge in [-0.2, -0.15) is 0 Å². The van der Waals surface area contributed by atoms with Gasteiger partial charge in [0.05, 0.1) is 0 Å². The second kappa shape index (κ2) is 3.81. The maximum atomic E-state index is 5.88. The zero-order valence-corrected chi connectivity index (χ0v) is 10.0. The summed E-state index contributed by atoms with van der Waals surface area (Å²) in [5.74, 6) is 1.71. The Balaban J connectivity index is 2.15. The minimum atomic E-state index is 0.839. The Kier molecular flexibility index (Phi) is 2.29. The lowest BCUT2D eigenvalue weighted by Gasteiger charge is -2.22. The Morgan fingerprint density at radius 2 is 1.88 bits per heavy atom. The van der Waals surface area contributed by atoms with E-state index in [4.69, 9.17) is 10.1 Å². The van der Waals surface area contributed by atoms with Gasteiger partial charge < -0.3 is 4.74 Å². The number of rotatable bonds is 1. The number of nitrogens with zero attached hydrogens (tertiary/aromatic N) is 1. The predicted octanol–water partition coefficient (Wildman–Crippen LogP) is 4.23. The van der Waals surface area contributed by atoms with Crippen molar-refractivity contribution in [1.82, 2.24) is 5.32 Å². The standard InChI is InChI=1S/C15H14NO/c1-3-11-10(2)8-9-14-15(11)16-12-6-4-5-7-13(12)17-14/h4-9H,3H2,1-2H3. The van der Waals surface area contributed by atoms with Gasteiger partial charge in [-0.25, -0.2) is 5.32 Å². The van der Waals surface area contributed by atoms with Gasteiger partial charge in [0, 0.05) is 0 Å². The minimum absolute atomic E-state index is 0.839. The van der Waals surface area contributed by atoms with Crippen LogP contribution < -0.4 is 10.1 Å². The highest BCUT2D eigenvalue weighted by Gasteiger charge is 2.20. The molecule has 2 heteroatoms. The van der Waals surface area contributed by atoms with E-state index in [1.54, 1.807) is 0 Å².